The minimum atomic E-state index is -4.26. The molecule has 0 radical (unpaired) electrons. The highest BCUT2D eigenvalue weighted by Crippen LogP contribution is 2.34. The fraction of sp³-hybridized carbons (Fsp3) is 0.355. The average Bonchev–Trinajstić information content (AvgIpc) is 2.99. The molecule has 3 aromatic carbocycles. The second-order valence-corrected chi connectivity index (χ2v) is 12.6. The molecule has 43 heavy (non-hydrogen) atoms. The highest BCUT2D eigenvalue weighted by molar-refractivity contribution is 7.92. The number of sulfonamides is 1. The van der Waals surface area contributed by atoms with Crippen molar-refractivity contribution in [2.24, 2.45) is 0 Å². The summed E-state index contributed by atoms with van der Waals surface area (Å²) in [5.74, 6) is -0.360. The van der Waals surface area contributed by atoms with E-state index in [2.05, 4.69) is 5.32 Å². The maximum atomic E-state index is 14.1. The van der Waals surface area contributed by atoms with Crippen LogP contribution in [-0.2, 0) is 26.2 Å². The van der Waals surface area contributed by atoms with E-state index >= 15 is 0 Å². The molecular formula is C31H37Cl2N3O6S. The topological polar surface area (TPSA) is 105 Å². The van der Waals surface area contributed by atoms with Crippen molar-refractivity contribution >= 4 is 50.7 Å². The molecule has 0 spiro atoms. The van der Waals surface area contributed by atoms with Crippen LogP contribution in [0, 0.1) is 6.92 Å². The Morgan fingerprint density at radius 1 is 0.953 bits per heavy atom. The Morgan fingerprint density at radius 2 is 1.58 bits per heavy atom. The second kappa shape index (κ2) is 15.3. The van der Waals surface area contributed by atoms with Crippen LogP contribution in [0.1, 0.15) is 37.8 Å². The number of hydrogen-bond acceptors (Lipinski definition) is 6. The first-order chi connectivity index (χ1) is 20.4. The SMILES string of the molecule is CCCCNC(=O)[C@H](C)N(Cc1c(Cl)cccc1Cl)C(=O)CN(c1ccc(OC)c(OC)c1)S(=O)(=O)c1ccc(C)cc1. The zero-order valence-corrected chi connectivity index (χ0v) is 27.2. The second-order valence-electron chi connectivity index (χ2n) is 9.91. The van der Waals surface area contributed by atoms with Gasteiger partial charge in [-0.05, 0) is 56.7 Å². The normalized spacial score (nSPS) is 11.9. The molecule has 9 nitrogen and oxygen atoms in total. The summed E-state index contributed by atoms with van der Waals surface area (Å²) in [7, 11) is -1.37. The molecule has 0 aliphatic heterocycles. The molecule has 12 heteroatoms. The monoisotopic (exact) mass is 649 g/mol. The smallest absolute Gasteiger partial charge is 0.264 e. The zero-order valence-electron chi connectivity index (χ0n) is 24.9. The summed E-state index contributed by atoms with van der Waals surface area (Å²) in [6.07, 6.45) is 1.65. The molecule has 0 saturated carbocycles. The van der Waals surface area contributed by atoms with Gasteiger partial charge in [0.15, 0.2) is 11.5 Å². The van der Waals surface area contributed by atoms with Gasteiger partial charge in [-0.15, -0.1) is 0 Å². The standard InChI is InChI=1S/C31H37Cl2N3O6S/c1-6-7-17-34-31(38)22(3)35(19-25-26(32)9-8-10-27(25)33)30(37)20-36(23-13-16-28(41-4)29(18-23)42-5)43(39,40)24-14-11-21(2)12-15-24/h8-16,18,22H,6-7,17,19-20H2,1-5H3,(H,34,38)/t22-/m0/s1. The number of rotatable bonds is 14. The molecule has 232 valence electrons. The van der Waals surface area contributed by atoms with E-state index in [0.29, 0.717) is 27.9 Å². The lowest BCUT2D eigenvalue weighted by Gasteiger charge is -2.32. The Labute approximate surface area is 263 Å². The first kappa shape index (κ1) is 34.0. The maximum absolute atomic E-state index is 14.1. The number of methoxy groups -OCH3 is 2. The highest BCUT2D eigenvalue weighted by Gasteiger charge is 2.33. The number of carbonyl (C=O) groups excluding carboxylic acids is 2. The zero-order chi connectivity index (χ0) is 31.7. The Balaban J connectivity index is 2.10. The molecule has 0 aliphatic carbocycles. The minimum Gasteiger partial charge on any atom is -0.493 e. The molecule has 1 N–H and O–H groups in total. The fourth-order valence-electron chi connectivity index (χ4n) is 4.32. The lowest BCUT2D eigenvalue weighted by molar-refractivity contribution is -0.139. The van der Waals surface area contributed by atoms with Crippen LogP contribution in [0.2, 0.25) is 10.0 Å². The number of unbranched alkanes of at least 4 members (excludes halogenated alkanes) is 1. The third-order valence-electron chi connectivity index (χ3n) is 6.93. The van der Waals surface area contributed by atoms with E-state index in [1.54, 1.807) is 43.3 Å². The third kappa shape index (κ3) is 8.34. The molecule has 3 aromatic rings. The summed E-state index contributed by atoms with van der Waals surface area (Å²) in [5, 5.41) is 3.47. The van der Waals surface area contributed by atoms with Crippen molar-refractivity contribution in [2.75, 3.05) is 31.6 Å². The van der Waals surface area contributed by atoms with E-state index in [9.17, 15) is 18.0 Å². The largest absolute Gasteiger partial charge is 0.493 e. The summed E-state index contributed by atoms with van der Waals surface area (Å²) in [5.41, 5.74) is 1.48. The van der Waals surface area contributed by atoms with Gasteiger partial charge in [0.1, 0.15) is 12.6 Å². The van der Waals surface area contributed by atoms with E-state index in [1.165, 1.54) is 43.4 Å². The van der Waals surface area contributed by atoms with E-state index < -0.39 is 28.5 Å². The van der Waals surface area contributed by atoms with Crippen LogP contribution in [0.15, 0.2) is 65.6 Å². The van der Waals surface area contributed by atoms with Gasteiger partial charge < -0.3 is 19.7 Å². The van der Waals surface area contributed by atoms with Crippen molar-refractivity contribution in [1.82, 2.24) is 10.2 Å². The number of anilines is 1. The Bertz CT molecular complexity index is 1510. The number of hydrogen-bond donors (Lipinski definition) is 1. The Morgan fingerprint density at radius 3 is 2.16 bits per heavy atom. The quantitative estimate of drug-likeness (QED) is 0.220. The van der Waals surface area contributed by atoms with Gasteiger partial charge in [0, 0.05) is 34.8 Å². The Hall–Kier alpha value is -3.47. The third-order valence-corrected chi connectivity index (χ3v) is 9.43. The molecule has 0 fully saturated rings. The van der Waals surface area contributed by atoms with E-state index in [4.69, 9.17) is 32.7 Å². The number of halogens is 2. The van der Waals surface area contributed by atoms with E-state index in [1.807, 2.05) is 13.8 Å². The minimum absolute atomic E-state index is 0.00765. The molecule has 0 bridgehead atoms. The van der Waals surface area contributed by atoms with Gasteiger partial charge in [0.05, 0.1) is 24.8 Å². The van der Waals surface area contributed by atoms with Crippen molar-refractivity contribution in [2.45, 2.75) is 51.1 Å². The molecule has 2 amide bonds. The summed E-state index contributed by atoms with van der Waals surface area (Å²) < 4.78 is 39.9. The van der Waals surface area contributed by atoms with Crippen molar-refractivity contribution in [1.29, 1.82) is 0 Å². The highest BCUT2D eigenvalue weighted by atomic mass is 35.5. The number of carbonyl (C=O) groups is 2. The van der Waals surface area contributed by atoms with Crippen LogP contribution in [-0.4, -0.2) is 58.5 Å². The number of nitrogens with one attached hydrogen (secondary N) is 1. The molecule has 0 unspecified atom stereocenters. The van der Waals surface area contributed by atoms with Gasteiger partial charge in [-0.1, -0.05) is 60.3 Å². The number of benzene rings is 3. The van der Waals surface area contributed by atoms with Gasteiger partial charge in [0.25, 0.3) is 10.0 Å². The number of ether oxygens (including phenoxy) is 2. The Kier molecular flexibility index (Phi) is 12.1. The van der Waals surface area contributed by atoms with Crippen molar-refractivity contribution in [3.63, 3.8) is 0 Å². The molecule has 0 aromatic heterocycles. The first-order valence-electron chi connectivity index (χ1n) is 13.8. The number of nitrogens with zero attached hydrogens (tertiary/aromatic N) is 2. The first-order valence-corrected chi connectivity index (χ1v) is 16.0. The number of amides is 2. The summed E-state index contributed by atoms with van der Waals surface area (Å²) >= 11 is 12.9. The fourth-order valence-corrected chi connectivity index (χ4v) is 6.24. The average molecular weight is 651 g/mol. The van der Waals surface area contributed by atoms with Gasteiger partial charge in [-0.3, -0.25) is 13.9 Å². The van der Waals surface area contributed by atoms with Crippen LogP contribution < -0.4 is 19.1 Å². The van der Waals surface area contributed by atoms with Crippen molar-refractivity contribution in [3.8, 4) is 11.5 Å². The van der Waals surface area contributed by atoms with Crippen molar-refractivity contribution < 1.29 is 27.5 Å². The summed E-state index contributed by atoms with van der Waals surface area (Å²) in [6.45, 7) is 5.12. The van der Waals surface area contributed by atoms with Crippen molar-refractivity contribution in [3.05, 3.63) is 81.8 Å². The van der Waals surface area contributed by atoms with E-state index in [-0.39, 0.29) is 28.8 Å². The predicted octanol–water partition coefficient (Wildman–Crippen LogP) is 5.85. The molecule has 3 rings (SSSR count). The summed E-state index contributed by atoms with van der Waals surface area (Å²) in [4.78, 5) is 28.6. The summed E-state index contributed by atoms with van der Waals surface area (Å²) in [6, 6.07) is 14.9. The number of aryl methyl sites for hydroxylation is 1. The van der Waals surface area contributed by atoms with Crippen LogP contribution in [0.3, 0.4) is 0 Å². The van der Waals surface area contributed by atoms with Gasteiger partial charge in [-0.25, -0.2) is 8.42 Å². The predicted molar refractivity (Wildman–Crippen MR) is 170 cm³/mol. The van der Waals surface area contributed by atoms with Crippen LogP contribution in [0.5, 0.6) is 11.5 Å². The maximum Gasteiger partial charge on any atom is 0.264 e. The molecule has 1 atom stereocenters. The molecule has 0 heterocycles. The van der Waals surface area contributed by atoms with Gasteiger partial charge in [0.2, 0.25) is 11.8 Å². The molecule has 0 saturated heterocycles. The molecular weight excluding hydrogens is 613 g/mol. The van der Waals surface area contributed by atoms with Crippen LogP contribution in [0.4, 0.5) is 5.69 Å². The van der Waals surface area contributed by atoms with Gasteiger partial charge in [-0.2, -0.15) is 0 Å². The van der Waals surface area contributed by atoms with Crippen LogP contribution >= 0.6 is 23.2 Å². The van der Waals surface area contributed by atoms with Gasteiger partial charge >= 0.3 is 0 Å². The lowest BCUT2D eigenvalue weighted by atomic mass is 10.1. The van der Waals surface area contributed by atoms with E-state index in [0.717, 1.165) is 22.7 Å². The van der Waals surface area contributed by atoms with Crippen LogP contribution in [0.25, 0.3) is 0 Å². The molecule has 0 aliphatic rings. The lowest BCUT2D eigenvalue weighted by Crippen LogP contribution is -2.51.